The van der Waals surface area contributed by atoms with E-state index in [2.05, 4.69) is 105 Å². The van der Waals surface area contributed by atoms with E-state index in [9.17, 15) is 9.59 Å². The van der Waals surface area contributed by atoms with Gasteiger partial charge in [-0.25, -0.2) is 0 Å². The van der Waals surface area contributed by atoms with E-state index in [-0.39, 0.29) is 12.5 Å². The van der Waals surface area contributed by atoms with Gasteiger partial charge in [0.15, 0.2) is 0 Å². The Kier molecular flexibility index (Phi) is 20.3. The van der Waals surface area contributed by atoms with E-state index >= 15 is 0 Å². The van der Waals surface area contributed by atoms with Gasteiger partial charge in [0.2, 0.25) is 0 Å². The molecule has 0 saturated heterocycles. The average molecular weight is 733 g/mol. The summed E-state index contributed by atoms with van der Waals surface area (Å²) in [5, 5.41) is 10.5. The number of carbonyl (C=O) groups is 2. The highest BCUT2D eigenvalue weighted by Gasteiger charge is 2.22. The van der Waals surface area contributed by atoms with E-state index in [1.165, 1.54) is 95.5 Å². The lowest BCUT2D eigenvalue weighted by Gasteiger charge is -2.29. The normalized spacial score (nSPS) is 15.5. The monoisotopic (exact) mass is 732 g/mol. The van der Waals surface area contributed by atoms with Gasteiger partial charge in [-0.2, -0.15) is 0 Å². The molecule has 1 atom stereocenters. The quantitative estimate of drug-likeness (QED) is 0.0477. The first-order valence-corrected chi connectivity index (χ1v) is 19.8. The highest BCUT2D eigenvalue weighted by Crippen LogP contribution is 2.38. The van der Waals surface area contributed by atoms with Crippen LogP contribution in [0.4, 0.5) is 0 Å². The van der Waals surface area contributed by atoms with Crippen molar-refractivity contribution in [3.63, 3.8) is 0 Å². The summed E-state index contributed by atoms with van der Waals surface area (Å²) < 4.78 is 10.3. The van der Waals surface area contributed by atoms with Crippen molar-refractivity contribution in [2.75, 3.05) is 26.9 Å². The largest absolute Gasteiger partial charge is 0.467 e. The highest BCUT2D eigenvalue weighted by atomic mass is 16.5. The summed E-state index contributed by atoms with van der Waals surface area (Å²) in [6.45, 7) is 14.0. The van der Waals surface area contributed by atoms with Crippen LogP contribution in [0.2, 0.25) is 0 Å². The van der Waals surface area contributed by atoms with Gasteiger partial charge in [0.25, 0.3) is 6.47 Å². The molecule has 4 aromatic carbocycles. The van der Waals surface area contributed by atoms with Crippen LogP contribution in [0.1, 0.15) is 100 Å². The Bertz CT molecular complexity index is 1700. The van der Waals surface area contributed by atoms with E-state index in [4.69, 9.17) is 14.6 Å². The molecular formula is C49H64O5. The molecule has 5 heteroatoms. The Hall–Kier alpha value is -4.32. The van der Waals surface area contributed by atoms with Crippen LogP contribution in [0.3, 0.4) is 0 Å². The fourth-order valence-electron chi connectivity index (χ4n) is 7.11. The minimum absolute atomic E-state index is 0.111. The van der Waals surface area contributed by atoms with Crippen molar-refractivity contribution < 1.29 is 24.2 Å². The molecule has 1 aliphatic rings. The molecule has 0 heterocycles. The molecule has 1 N–H and O–H groups in total. The Balaban J connectivity index is 0.000000695. The molecule has 0 spiro atoms. The number of ether oxygens (including phenoxy) is 2. The summed E-state index contributed by atoms with van der Waals surface area (Å²) in [4.78, 5) is 20.0. The van der Waals surface area contributed by atoms with Crippen LogP contribution < -0.4 is 0 Å². The van der Waals surface area contributed by atoms with E-state index in [0.717, 1.165) is 43.0 Å². The molecule has 1 saturated carbocycles. The van der Waals surface area contributed by atoms with Crippen LogP contribution in [0, 0.1) is 11.8 Å². The summed E-state index contributed by atoms with van der Waals surface area (Å²) in [6, 6.07) is 32.0. The van der Waals surface area contributed by atoms with E-state index in [1.54, 1.807) is 21.0 Å². The number of methoxy groups -OCH3 is 1. The second-order valence-corrected chi connectivity index (χ2v) is 15.1. The van der Waals surface area contributed by atoms with Gasteiger partial charge in [-0.15, -0.1) is 0 Å². The molecule has 54 heavy (non-hydrogen) atoms. The zero-order valence-corrected chi connectivity index (χ0v) is 33.4. The summed E-state index contributed by atoms with van der Waals surface area (Å²) >= 11 is 0. The molecule has 0 aromatic heterocycles. The number of hydrogen-bond acceptors (Lipinski definition) is 5. The van der Waals surface area contributed by atoms with E-state index < -0.39 is 0 Å². The summed E-state index contributed by atoms with van der Waals surface area (Å²) in [5.41, 5.74) is 9.49. The molecule has 0 aliphatic heterocycles. The SMILES string of the molecule is C=C(C)C=O.C=C(C)CO.CCCCCC1CCC(c2ccc(-c3ccc(CCc4ccc5cc(CC(COC)COC=O)ccc5c4)cc3)cc2)CC1. The van der Waals surface area contributed by atoms with Crippen LogP contribution >= 0.6 is 0 Å². The van der Waals surface area contributed by atoms with E-state index in [1.807, 2.05) is 0 Å². The van der Waals surface area contributed by atoms with Gasteiger partial charge >= 0.3 is 0 Å². The lowest BCUT2D eigenvalue weighted by Crippen LogP contribution is -2.17. The Morgan fingerprint density at radius 1 is 0.778 bits per heavy atom. The third-order valence-corrected chi connectivity index (χ3v) is 10.2. The second-order valence-electron chi connectivity index (χ2n) is 15.1. The molecule has 1 aliphatic carbocycles. The molecular weight excluding hydrogens is 669 g/mol. The van der Waals surface area contributed by atoms with Crippen LogP contribution in [0.15, 0.2) is 109 Å². The molecule has 0 bridgehead atoms. The van der Waals surface area contributed by atoms with Crippen molar-refractivity contribution >= 4 is 23.5 Å². The zero-order chi connectivity index (χ0) is 39.1. The van der Waals surface area contributed by atoms with Crippen LogP contribution in [0.25, 0.3) is 21.9 Å². The smallest absolute Gasteiger partial charge is 0.293 e. The Labute approximate surface area is 325 Å². The first-order valence-electron chi connectivity index (χ1n) is 19.8. The predicted molar refractivity (Wildman–Crippen MR) is 226 cm³/mol. The Morgan fingerprint density at radius 2 is 1.31 bits per heavy atom. The number of carbonyl (C=O) groups excluding carboxylic acids is 2. The van der Waals surface area contributed by atoms with Crippen LogP contribution in [0.5, 0.6) is 0 Å². The fraction of sp³-hybridized carbons (Fsp3) is 0.429. The summed E-state index contributed by atoms with van der Waals surface area (Å²) in [7, 11) is 1.68. The molecule has 0 amide bonds. The lowest BCUT2D eigenvalue weighted by atomic mass is 9.77. The molecule has 4 aromatic rings. The summed E-state index contributed by atoms with van der Waals surface area (Å²) in [6.07, 6.45) is 14.7. The van der Waals surface area contributed by atoms with Crippen molar-refractivity contribution in [1.29, 1.82) is 0 Å². The van der Waals surface area contributed by atoms with Crippen molar-refractivity contribution in [2.24, 2.45) is 11.8 Å². The maximum absolute atomic E-state index is 10.6. The maximum atomic E-state index is 10.6. The van der Waals surface area contributed by atoms with Gasteiger partial charge < -0.3 is 14.6 Å². The van der Waals surface area contributed by atoms with Crippen molar-refractivity contribution in [3.8, 4) is 11.1 Å². The predicted octanol–water partition coefficient (Wildman–Crippen LogP) is 11.4. The van der Waals surface area contributed by atoms with E-state index in [0.29, 0.717) is 25.3 Å². The number of fused-ring (bicyclic) bond motifs is 1. The number of rotatable bonds is 18. The number of aldehydes is 1. The van der Waals surface area contributed by atoms with Gasteiger partial charge in [0, 0.05) is 13.0 Å². The minimum atomic E-state index is 0.111. The molecule has 5 nitrogen and oxygen atoms in total. The Morgan fingerprint density at radius 3 is 1.85 bits per heavy atom. The molecule has 290 valence electrons. The van der Waals surface area contributed by atoms with Gasteiger partial charge in [0.1, 0.15) is 6.29 Å². The third kappa shape index (κ3) is 16.0. The minimum Gasteiger partial charge on any atom is -0.467 e. The number of aryl methyl sites for hydroxylation is 2. The lowest BCUT2D eigenvalue weighted by molar-refractivity contribution is -0.130. The molecule has 1 unspecified atom stereocenters. The number of allylic oxidation sites excluding steroid dienone is 1. The second kappa shape index (κ2) is 24.9. The van der Waals surface area contributed by atoms with Gasteiger partial charge in [0.05, 0.1) is 19.8 Å². The van der Waals surface area contributed by atoms with Gasteiger partial charge in [-0.05, 0) is 120 Å². The fourth-order valence-corrected chi connectivity index (χ4v) is 7.11. The van der Waals surface area contributed by atoms with Crippen molar-refractivity contribution in [2.45, 2.75) is 97.3 Å². The zero-order valence-electron chi connectivity index (χ0n) is 33.4. The van der Waals surface area contributed by atoms with Gasteiger partial charge in [-0.1, -0.05) is 136 Å². The first-order chi connectivity index (χ1) is 26.2. The van der Waals surface area contributed by atoms with Crippen molar-refractivity contribution in [1.82, 2.24) is 0 Å². The third-order valence-electron chi connectivity index (χ3n) is 10.2. The first kappa shape index (κ1) is 44.1. The highest BCUT2D eigenvalue weighted by molar-refractivity contribution is 5.84. The number of hydrogen-bond donors (Lipinski definition) is 1. The maximum Gasteiger partial charge on any atom is 0.293 e. The molecule has 0 radical (unpaired) electrons. The van der Waals surface area contributed by atoms with Crippen LogP contribution in [-0.2, 0) is 38.3 Å². The number of aliphatic hydroxyl groups is 1. The van der Waals surface area contributed by atoms with Crippen LogP contribution in [-0.4, -0.2) is 44.8 Å². The molecule has 5 rings (SSSR count). The number of benzene rings is 4. The number of unbranched alkanes of at least 4 members (excludes halogenated alkanes) is 2. The average Bonchev–Trinajstić information content (AvgIpc) is 3.20. The van der Waals surface area contributed by atoms with Gasteiger partial charge in [-0.3, -0.25) is 9.59 Å². The molecule has 1 fully saturated rings. The van der Waals surface area contributed by atoms with Crippen molar-refractivity contribution in [3.05, 3.63) is 131 Å². The topological polar surface area (TPSA) is 72.8 Å². The number of aliphatic hydroxyl groups excluding tert-OH is 1. The summed E-state index contributed by atoms with van der Waals surface area (Å²) in [5.74, 6) is 1.86. The standard InChI is InChI=1S/C41H50O3.C4H8O.C4H6O/c1-3-4-5-6-31-9-15-36(16-10-31)38-21-23-39(24-22-38)37-17-11-32(12-18-37)7-8-33-13-19-41-27-34(14-20-40(41)26-33)25-35(28-43-2)29-44-30-42;2*1-4(2)3-5/h11-14,17-24,26-27,30-31,35-36H,3-10,15-16,25,28-29H2,1-2H3;5H,1,3H2,2H3;3H,1H2,2H3.